The van der Waals surface area contributed by atoms with Gasteiger partial charge in [-0.2, -0.15) is 0 Å². The van der Waals surface area contributed by atoms with Crippen LogP contribution < -0.4 is 5.32 Å². The number of likely N-dealkylation sites (tertiary alicyclic amines) is 1. The molecule has 22 heavy (non-hydrogen) atoms. The van der Waals surface area contributed by atoms with E-state index in [4.69, 9.17) is 27.6 Å². The molecule has 5 nitrogen and oxygen atoms in total. The largest absolute Gasteiger partial charge is 0.459 e. The van der Waals surface area contributed by atoms with Gasteiger partial charge in [-0.15, -0.1) is 23.2 Å². The number of nitrogens with one attached hydrogen (secondary N) is 1. The standard InChI is InChI=1S/C15H18Cl2N2O3/c1-14(9-15(14,16)17)13(21)18-10-4-6-19(7-5-10)12(20)11-3-2-8-22-11/h2-3,8,10H,4-7,9H2,1H3,(H,18,21). The van der Waals surface area contributed by atoms with Gasteiger partial charge >= 0.3 is 0 Å². The summed E-state index contributed by atoms with van der Waals surface area (Å²) in [6.07, 6.45) is 3.39. The first-order valence-electron chi connectivity index (χ1n) is 7.35. The summed E-state index contributed by atoms with van der Waals surface area (Å²) < 4.78 is 4.17. The number of alkyl halides is 2. The Balaban J connectivity index is 1.50. The summed E-state index contributed by atoms with van der Waals surface area (Å²) in [7, 11) is 0. The van der Waals surface area contributed by atoms with Crippen LogP contribution in [0.2, 0.25) is 0 Å². The zero-order valence-electron chi connectivity index (χ0n) is 12.3. The molecule has 1 aliphatic heterocycles. The number of halogens is 2. The lowest BCUT2D eigenvalue weighted by molar-refractivity contribution is -0.126. The average Bonchev–Trinajstić information content (AvgIpc) is 2.87. The predicted molar refractivity (Wildman–Crippen MR) is 82.9 cm³/mol. The number of furan rings is 1. The van der Waals surface area contributed by atoms with Crippen molar-refractivity contribution in [3.05, 3.63) is 24.2 Å². The van der Waals surface area contributed by atoms with E-state index in [1.54, 1.807) is 24.0 Å². The fourth-order valence-electron chi connectivity index (χ4n) is 2.77. The molecule has 2 fully saturated rings. The monoisotopic (exact) mass is 344 g/mol. The van der Waals surface area contributed by atoms with Gasteiger partial charge in [0.2, 0.25) is 5.91 Å². The number of amides is 2. The van der Waals surface area contributed by atoms with Crippen molar-refractivity contribution in [1.82, 2.24) is 10.2 Å². The van der Waals surface area contributed by atoms with E-state index < -0.39 is 9.75 Å². The van der Waals surface area contributed by atoms with Crippen LogP contribution in [0.15, 0.2) is 22.8 Å². The lowest BCUT2D eigenvalue weighted by atomic mass is 10.0. The van der Waals surface area contributed by atoms with Crippen molar-refractivity contribution >= 4 is 35.0 Å². The van der Waals surface area contributed by atoms with Crippen molar-refractivity contribution in [3.63, 3.8) is 0 Å². The average molecular weight is 345 g/mol. The van der Waals surface area contributed by atoms with E-state index in [0.29, 0.717) is 38.1 Å². The van der Waals surface area contributed by atoms with E-state index in [1.807, 2.05) is 0 Å². The smallest absolute Gasteiger partial charge is 0.289 e. The Labute approximate surface area is 138 Å². The molecule has 0 bridgehead atoms. The third-order valence-electron chi connectivity index (χ3n) is 4.61. The van der Waals surface area contributed by atoms with Crippen LogP contribution in [0.4, 0.5) is 0 Å². The summed E-state index contributed by atoms with van der Waals surface area (Å²) in [6, 6.07) is 3.40. The van der Waals surface area contributed by atoms with Gasteiger partial charge in [0.05, 0.1) is 11.7 Å². The highest BCUT2D eigenvalue weighted by Gasteiger charge is 2.68. The van der Waals surface area contributed by atoms with Gasteiger partial charge in [-0.05, 0) is 38.3 Å². The van der Waals surface area contributed by atoms with E-state index in [2.05, 4.69) is 5.32 Å². The maximum Gasteiger partial charge on any atom is 0.289 e. The number of carbonyl (C=O) groups excluding carboxylic acids is 2. The van der Waals surface area contributed by atoms with Gasteiger partial charge in [-0.1, -0.05) is 0 Å². The van der Waals surface area contributed by atoms with Crippen molar-refractivity contribution in [2.24, 2.45) is 5.41 Å². The quantitative estimate of drug-likeness (QED) is 0.857. The fourth-order valence-corrected chi connectivity index (χ4v) is 3.48. The molecule has 0 aromatic carbocycles. The number of carbonyl (C=O) groups is 2. The Hall–Kier alpha value is -1.20. The molecule has 0 radical (unpaired) electrons. The second-order valence-corrected chi connectivity index (χ2v) is 7.71. The molecule has 1 aliphatic carbocycles. The number of hydrogen-bond donors (Lipinski definition) is 1. The summed E-state index contributed by atoms with van der Waals surface area (Å²) in [4.78, 5) is 26.1. The van der Waals surface area contributed by atoms with Gasteiger partial charge < -0.3 is 14.6 Å². The summed E-state index contributed by atoms with van der Waals surface area (Å²) in [5.41, 5.74) is -0.697. The van der Waals surface area contributed by atoms with E-state index in [9.17, 15) is 9.59 Å². The fraction of sp³-hybridized carbons (Fsp3) is 0.600. The highest BCUT2D eigenvalue weighted by Crippen LogP contribution is 2.63. The number of nitrogens with zero attached hydrogens (tertiary/aromatic N) is 1. The molecule has 7 heteroatoms. The van der Waals surface area contributed by atoms with Crippen LogP contribution in [0, 0.1) is 5.41 Å². The van der Waals surface area contributed by atoms with Crippen LogP contribution in [-0.4, -0.2) is 40.2 Å². The lowest BCUT2D eigenvalue weighted by Crippen LogP contribution is -2.48. The molecule has 1 saturated heterocycles. The minimum Gasteiger partial charge on any atom is -0.459 e. The van der Waals surface area contributed by atoms with Crippen molar-refractivity contribution in [3.8, 4) is 0 Å². The van der Waals surface area contributed by atoms with E-state index in [0.717, 1.165) is 0 Å². The summed E-state index contributed by atoms with van der Waals surface area (Å²) in [5.74, 6) is 0.139. The van der Waals surface area contributed by atoms with Gasteiger partial charge in [0.1, 0.15) is 4.33 Å². The van der Waals surface area contributed by atoms with Gasteiger partial charge in [0, 0.05) is 19.1 Å². The zero-order chi connectivity index (χ0) is 16.0. The van der Waals surface area contributed by atoms with Crippen molar-refractivity contribution in [2.75, 3.05) is 13.1 Å². The van der Waals surface area contributed by atoms with Crippen LogP contribution in [0.3, 0.4) is 0 Å². The normalized spacial score (nSPS) is 27.5. The Kier molecular flexibility index (Phi) is 3.89. The van der Waals surface area contributed by atoms with E-state index in [1.165, 1.54) is 6.26 Å². The Morgan fingerprint density at radius 2 is 2.00 bits per heavy atom. The highest BCUT2D eigenvalue weighted by molar-refractivity contribution is 6.53. The highest BCUT2D eigenvalue weighted by atomic mass is 35.5. The second kappa shape index (κ2) is 5.46. The maximum absolute atomic E-state index is 12.2. The molecular weight excluding hydrogens is 327 g/mol. The van der Waals surface area contributed by atoms with Crippen LogP contribution >= 0.6 is 23.2 Å². The molecule has 2 aliphatic rings. The lowest BCUT2D eigenvalue weighted by Gasteiger charge is -2.32. The Bertz CT molecular complexity index is 580. The molecule has 2 heterocycles. The summed E-state index contributed by atoms with van der Waals surface area (Å²) in [6.45, 7) is 2.96. The van der Waals surface area contributed by atoms with Crippen LogP contribution in [0.5, 0.6) is 0 Å². The first-order valence-corrected chi connectivity index (χ1v) is 8.11. The van der Waals surface area contributed by atoms with Crippen molar-refractivity contribution in [2.45, 2.75) is 36.6 Å². The molecule has 1 aromatic heterocycles. The third kappa shape index (κ3) is 2.72. The van der Waals surface area contributed by atoms with Gasteiger partial charge in [-0.25, -0.2) is 0 Å². The topological polar surface area (TPSA) is 62.6 Å². The number of piperidine rings is 1. The molecule has 1 aromatic rings. The van der Waals surface area contributed by atoms with Gasteiger partial charge in [-0.3, -0.25) is 9.59 Å². The first kappa shape index (κ1) is 15.7. The second-order valence-electron chi connectivity index (χ2n) is 6.23. The minimum atomic E-state index is -0.951. The van der Waals surface area contributed by atoms with E-state index >= 15 is 0 Å². The summed E-state index contributed by atoms with van der Waals surface area (Å²) in [5, 5.41) is 3.00. The van der Waals surface area contributed by atoms with Crippen molar-refractivity contribution in [1.29, 1.82) is 0 Å². The molecule has 3 rings (SSSR count). The molecular formula is C15H18Cl2N2O3. The van der Waals surface area contributed by atoms with Crippen LogP contribution in [-0.2, 0) is 4.79 Å². The van der Waals surface area contributed by atoms with E-state index in [-0.39, 0.29) is 17.9 Å². The van der Waals surface area contributed by atoms with Crippen LogP contribution in [0.1, 0.15) is 36.7 Å². The van der Waals surface area contributed by atoms with Gasteiger partial charge in [0.25, 0.3) is 5.91 Å². The minimum absolute atomic E-state index is 0.0507. The van der Waals surface area contributed by atoms with Gasteiger partial charge in [0.15, 0.2) is 5.76 Å². The SMILES string of the molecule is CC1(C(=O)NC2CCN(C(=O)c3ccco3)CC2)CC1(Cl)Cl. The molecule has 120 valence electrons. The molecule has 1 atom stereocenters. The molecule has 1 N–H and O–H groups in total. The molecule has 1 saturated carbocycles. The number of hydrogen-bond acceptors (Lipinski definition) is 3. The predicted octanol–water partition coefficient (Wildman–Crippen LogP) is 2.58. The Morgan fingerprint density at radius 1 is 1.36 bits per heavy atom. The van der Waals surface area contributed by atoms with Crippen LogP contribution in [0.25, 0.3) is 0 Å². The zero-order valence-corrected chi connectivity index (χ0v) is 13.8. The first-order chi connectivity index (χ1) is 10.3. The molecule has 1 unspecified atom stereocenters. The summed E-state index contributed by atoms with van der Waals surface area (Å²) >= 11 is 12.0. The molecule has 0 spiro atoms. The number of rotatable bonds is 3. The maximum atomic E-state index is 12.2. The molecule has 2 amide bonds. The third-order valence-corrected chi connectivity index (χ3v) is 5.71. The Morgan fingerprint density at radius 3 is 2.50 bits per heavy atom. The van der Waals surface area contributed by atoms with Crippen molar-refractivity contribution < 1.29 is 14.0 Å².